The van der Waals surface area contributed by atoms with Gasteiger partial charge in [-0.3, -0.25) is 4.79 Å². The molecule has 1 N–H and O–H groups in total. The number of hydrogen-bond donors (Lipinski definition) is 1. The Labute approximate surface area is 134 Å². The van der Waals surface area contributed by atoms with Crippen LogP contribution in [0.5, 0.6) is 11.5 Å². The fourth-order valence-corrected chi connectivity index (χ4v) is 2.75. The van der Waals surface area contributed by atoms with Gasteiger partial charge in [0.25, 0.3) is 5.91 Å². The average molecular weight is 399 g/mol. The quantitative estimate of drug-likeness (QED) is 0.808. The van der Waals surface area contributed by atoms with Crippen LogP contribution in [0.2, 0.25) is 0 Å². The van der Waals surface area contributed by atoms with Crippen molar-refractivity contribution < 1.29 is 18.7 Å². The van der Waals surface area contributed by atoms with Gasteiger partial charge in [0.1, 0.15) is 5.82 Å². The standard InChI is InChI=1S/C15H11FINO3/c16-10-2-1-3-11(17)14(10)15(19)18-7-9-4-5-12-13(6-9)21-8-20-12/h1-6H,7-8H2,(H,18,19). The second kappa shape index (κ2) is 5.88. The van der Waals surface area contributed by atoms with E-state index in [9.17, 15) is 9.18 Å². The average Bonchev–Trinajstić information content (AvgIpc) is 2.92. The Hall–Kier alpha value is -1.83. The summed E-state index contributed by atoms with van der Waals surface area (Å²) in [5, 5.41) is 2.71. The molecule has 3 rings (SSSR count). The molecule has 108 valence electrons. The maximum absolute atomic E-state index is 13.7. The maximum atomic E-state index is 13.7. The lowest BCUT2D eigenvalue weighted by atomic mass is 10.1. The van der Waals surface area contributed by atoms with E-state index in [2.05, 4.69) is 5.32 Å². The van der Waals surface area contributed by atoms with Gasteiger partial charge in [-0.25, -0.2) is 4.39 Å². The summed E-state index contributed by atoms with van der Waals surface area (Å²) in [5.74, 6) is 0.385. The molecule has 0 radical (unpaired) electrons. The van der Waals surface area contributed by atoms with Crippen LogP contribution >= 0.6 is 22.6 Å². The highest BCUT2D eigenvalue weighted by Gasteiger charge is 2.16. The predicted molar refractivity (Wildman–Crippen MR) is 82.9 cm³/mol. The summed E-state index contributed by atoms with van der Waals surface area (Å²) in [6.45, 7) is 0.498. The highest BCUT2D eigenvalue weighted by molar-refractivity contribution is 14.1. The summed E-state index contributed by atoms with van der Waals surface area (Å²) in [7, 11) is 0. The number of fused-ring (bicyclic) bond motifs is 1. The van der Waals surface area contributed by atoms with E-state index in [4.69, 9.17) is 9.47 Å². The molecule has 0 aliphatic carbocycles. The molecule has 1 amide bonds. The first-order valence-electron chi connectivity index (χ1n) is 6.26. The van der Waals surface area contributed by atoms with Gasteiger partial charge >= 0.3 is 0 Å². The third kappa shape index (κ3) is 2.94. The Balaban J connectivity index is 1.71. The van der Waals surface area contributed by atoms with E-state index in [1.54, 1.807) is 24.3 Å². The first kappa shape index (κ1) is 14.1. The number of benzene rings is 2. The number of rotatable bonds is 3. The maximum Gasteiger partial charge on any atom is 0.255 e. The van der Waals surface area contributed by atoms with Gasteiger partial charge in [0.2, 0.25) is 6.79 Å². The number of carbonyl (C=O) groups excluding carboxylic acids is 1. The topological polar surface area (TPSA) is 47.6 Å². The minimum atomic E-state index is -0.523. The van der Waals surface area contributed by atoms with Crippen molar-refractivity contribution in [2.75, 3.05) is 6.79 Å². The van der Waals surface area contributed by atoms with Gasteiger partial charge in [0, 0.05) is 10.1 Å². The highest BCUT2D eigenvalue weighted by atomic mass is 127. The van der Waals surface area contributed by atoms with Crippen LogP contribution in [0, 0.1) is 9.39 Å². The molecule has 1 heterocycles. The van der Waals surface area contributed by atoms with E-state index in [0.717, 1.165) is 5.56 Å². The van der Waals surface area contributed by atoms with E-state index < -0.39 is 11.7 Å². The van der Waals surface area contributed by atoms with Crippen molar-refractivity contribution in [2.24, 2.45) is 0 Å². The molecule has 0 saturated heterocycles. The van der Waals surface area contributed by atoms with Crippen LogP contribution in [0.25, 0.3) is 0 Å². The fraction of sp³-hybridized carbons (Fsp3) is 0.133. The Kier molecular flexibility index (Phi) is 3.96. The fourth-order valence-electron chi connectivity index (χ4n) is 2.04. The van der Waals surface area contributed by atoms with Crippen molar-refractivity contribution in [3.63, 3.8) is 0 Å². The minimum absolute atomic E-state index is 0.0684. The molecule has 2 aromatic carbocycles. The van der Waals surface area contributed by atoms with Crippen molar-refractivity contribution >= 4 is 28.5 Å². The first-order chi connectivity index (χ1) is 10.1. The largest absolute Gasteiger partial charge is 0.454 e. The first-order valence-corrected chi connectivity index (χ1v) is 7.34. The zero-order valence-electron chi connectivity index (χ0n) is 10.9. The van der Waals surface area contributed by atoms with Crippen molar-refractivity contribution in [1.29, 1.82) is 0 Å². The summed E-state index contributed by atoms with van der Waals surface area (Å²) >= 11 is 1.94. The monoisotopic (exact) mass is 399 g/mol. The van der Waals surface area contributed by atoms with Gasteiger partial charge in [-0.15, -0.1) is 0 Å². The lowest BCUT2D eigenvalue weighted by Gasteiger charge is -2.08. The second-order valence-electron chi connectivity index (χ2n) is 4.47. The lowest BCUT2D eigenvalue weighted by Crippen LogP contribution is -2.24. The molecule has 0 aromatic heterocycles. The molecular formula is C15H11FINO3. The molecular weight excluding hydrogens is 388 g/mol. The van der Waals surface area contributed by atoms with Gasteiger partial charge in [-0.05, 0) is 52.4 Å². The van der Waals surface area contributed by atoms with Crippen LogP contribution in [0.3, 0.4) is 0 Å². The van der Waals surface area contributed by atoms with E-state index in [1.807, 2.05) is 28.7 Å². The van der Waals surface area contributed by atoms with E-state index in [-0.39, 0.29) is 12.4 Å². The zero-order valence-corrected chi connectivity index (χ0v) is 13.0. The van der Waals surface area contributed by atoms with Crippen molar-refractivity contribution in [2.45, 2.75) is 6.54 Å². The van der Waals surface area contributed by atoms with Crippen molar-refractivity contribution in [3.8, 4) is 11.5 Å². The van der Waals surface area contributed by atoms with Crippen molar-refractivity contribution in [1.82, 2.24) is 5.32 Å². The van der Waals surface area contributed by atoms with Gasteiger partial charge < -0.3 is 14.8 Å². The predicted octanol–water partition coefficient (Wildman–Crippen LogP) is 3.09. The summed E-state index contributed by atoms with van der Waals surface area (Å²) in [5.41, 5.74) is 0.929. The molecule has 6 heteroatoms. The normalized spacial score (nSPS) is 12.3. The summed E-state index contributed by atoms with van der Waals surface area (Å²) in [6.07, 6.45) is 0. The third-order valence-electron chi connectivity index (χ3n) is 3.08. The van der Waals surface area contributed by atoms with E-state index >= 15 is 0 Å². The molecule has 0 saturated carbocycles. The number of nitrogens with one attached hydrogen (secondary N) is 1. The van der Waals surface area contributed by atoms with E-state index in [0.29, 0.717) is 21.6 Å². The number of hydrogen-bond acceptors (Lipinski definition) is 3. The highest BCUT2D eigenvalue weighted by Crippen LogP contribution is 2.32. The van der Waals surface area contributed by atoms with Crippen LogP contribution < -0.4 is 14.8 Å². The van der Waals surface area contributed by atoms with Crippen LogP contribution in [0.15, 0.2) is 36.4 Å². The lowest BCUT2D eigenvalue weighted by molar-refractivity contribution is 0.0946. The second-order valence-corrected chi connectivity index (χ2v) is 5.63. The van der Waals surface area contributed by atoms with E-state index in [1.165, 1.54) is 6.07 Å². The molecule has 21 heavy (non-hydrogen) atoms. The Bertz CT molecular complexity index is 685. The van der Waals surface area contributed by atoms with Crippen LogP contribution in [0.4, 0.5) is 4.39 Å². The Morgan fingerprint density at radius 2 is 2.05 bits per heavy atom. The van der Waals surface area contributed by atoms with Crippen LogP contribution in [-0.2, 0) is 6.54 Å². The van der Waals surface area contributed by atoms with Crippen LogP contribution in [0.1, 0.15) is 15.9 Å². The molecule has 1 aliphatic heterocycles. The minimum Gasteiger partial charge on any atom is -0.454 e. The van der Waals surface area contributed by atoms with Gasteiger partial charge in [0.15, 0.2) is 11.5 Å². The van der Waals surface area contributed by atoms with Crippen LogP contribution in [-0.4, -0.2) is 12.7 Å². The number of amides is 1. The van der Waals surface area contributed by atoms with Gasteiger partial charge in [0.05, 0.1) is 5.56 Å². The Morgan fingerprint density at radius 1 is 1.24 bits per heavy atom. The number of halogens is 2. The van der Waals surface area contributed by atoms with Crippen molar-refractivity contribution in [3.05, 3.63) is 56.9 Å². The molecule has 0 bridgehead atoms. The molecule has 0 unspecified atom stereocenters. The number of carbonyl (C=O) groups is 1. The third-order valence-corrected chi connectivity index (χ3v) is 3.98. The van der Waals surface area contributed by atoms with Gasteiger partial charge in [-0.1, -0.05) is 12.1 Å². The Morgan fingerprint density at radius 3 is 2.86 bits per heavy atom. The summed E-state index contributed by atoms with van der Waals surface area (Å²) in [6, 6.07) is 9.97. The zero-order chi connectivity index (χ0) is 14.8. The SMILES string of the molecule is O=C(NCc1ccc2c(c1)OCO2)c1c(F)cccc1I. The smallest absolute Gasteiger partial charge is 0.255 e. The van der Waals surface area contributed by atoms with Gasteiger partial charge in [-0.2, -0.15) is 0 Å². The molecule has 1 aliphatic rings. The molecule has 2 aromatic rings. The molecule has 4 nitrogen and oxygen atoms in total. The molecule has 0 spiro atoms. The summed E-state index contributed by atoms with van der Waals surface area (Å²) < 4.78 is 24.8. The summed E-state index contributed by atoms with van der Waals surface area (Å²) in [4.78, 5) is 12.1. The molecule has 0 atom stereocenters. The molecule has 0 fully saturated rings. The number of ether oxygens (including phenoxy) is 2.